The maximum Gasteiger partial charge on any atom is 0.174 e. The van der Waals surface area contributed by atoms with Crippen molar-refractivity contribution in [2.75, 3.05) is 0 Å². The fourth-order valence-electron chi connectivity index (χ4n) is 3.93. The molecule has 0 N–H and O–H groups in total. The Kier molecular flexibility index (Phi) is 10.1. The average Bonchev–Trinajstić information content (AvgIpc) is 3.45. The van der Waals surface area contributed by atoms with Crippen LogP contribution in [0.4, 0.5) is 23.0 Å². The van der Waals surface area contributed by atoms with Crippen LogP contribution < -0.4 is 9.47 Å². The zero-order chi connectivity index (χ0) is 28.6. The predicted molar refractivity (Wildman–Crippen MR) is 165 cm³/mol. The van der Waals surface area contributed by atoms with E-state index >= 15 is 0 Å². The van der Waals surface area contributed by atoms with E-state index in [2.05, 4.69) is 30.4 Å². The van der Waals surface area contributed by atoms with Gasteiger partial charge in [-0.3, -0.25) is 0 Å². The molecule has 0 aliphatic carbocycles. The van der Waals surface area contributed by atoms with Gasteiger partial charge in [-0.15, -0.1) is 32.9 Å². The number of nitrogens with zero attached hydrogens (tertiary/aromatic N) is 6. The molecular formula is C32H31ClN6O3. The molecule has 0 fully saturated rings. The molecule has 5 aromatic rings. The predicted octanol–water partition coefficient (Wildman–Crippen LogP) is 10.2. The SMILES string of the molecule is CC(C)Oc1cc(N=Nc2ccccn2)ccc1-c1ccc(-c2ccc(N=Nc3ccccn3)cc2OC(C)C)o1.Cl. The van der Waals surface area contributed by atoms with Gasteiger partial charge in [-0.25, -0.2) is 9.97 Å². The van der Waals surface area contributed by atoms with E-state index in [1.165, 1.54) is 0 Å². The monoisotopic (exact) mass is 582 g/mol. The third-order valence-corrected chi connectivity index (χ3v) is 5.63. The van der Waals surface area contributed by atoms with Crippen LogP contribution in [0, 0.1) is 0 Å². The van der Waals surface area contributed by atoms with Crippen molar-refractivity contribution >= 4 is 35.4 Å². The summed E-state index contributed by atoms with van der Waals surface area (Å²) in [5, 5.41) is 17.1. The number of pyridine rings is 2. The summed E-state index contributed by atoms with van der Waals surface area (Å²) in [4.78, 5) is 8.37. The number of halogens is 1. The van der Waals surface area contributed by atoms with Crippen LogP contribution in [-0.4, -0.2) is 22.2 Å². The number of benzene rings is 2. The van der Waals surface area contributed by atoms with Crippen LogP contribution in [-0.2, 0) is 0 Å². The lowest BCUT2D eigenvalue weighted by atomic mass is 10.1. The first-order valence-electron chi connectivity index (χ1n) is 13.3. The number of ether oxygens (including phenoxy) is 2. The molecule has 0 aliphatic heterocycles. The Hall–Kier alpha value is -4.89. The molecule has 0 bridgehead atoms. The summed E-state index contributed by atoms with van der Waals surface area (Å²) >= 11 is 0. The number of rotatable bonds is 10. The van der Waals surface area contributed by atoms with Crippen molar-refractivity contribution < 1.29 is 13.9 Å². The molecule has 0 spiro atoms. The molecular weight excluding hydrogens is 552 g/mol. The lowest BCUT2D eigenvalue weighted by Crippen LogP contribution is -2.06. The first-order valence-corrected chi connectivity index (χ1v) is 13.3. The van der Waals surface area contributed by atoms with Crippen LogP contribution in [0.15, 0.2) is 122 Å². The second kappa shape index (κ2) is 14.1. The zero-order valence-corrected chi connectivity index (χ0v) is 24.5. The fraction of sp³-hybridized carbons (Fsp3) is 0.188. The topological polar surface area (TPSA) is 107 Å². The molecule has 0 unspecified atom stereocenters. The highest BCUT2D eigenvalue weighted by atomic mass is 35.5. The highest BCUT2D eigenvalue weighted by molar-refractivity contribution is 5.85. The average molecular weight is 583 g/mol. The first-order chi connectivity index (χ1) is 19.9. The van der Waals surface area contributed by atoms with E-state index in [0.29, 0.717) is 46.0 Å². The molecule has 10 heteroatoms. The van der Waals surface area contributed by atoms with E-state index < -0.39 is 0 Å². The quantitative estimate of drug-likeness (QED) is 0.152. The van der Waals surface area contributed by atoms with E-state index in [-0.39, 0.29) is 24.6 Å². The van der Waals surface area contributed by atoms with E-state index in [1.54, 1.807) is 24.5 Å². The van der Waals surface area contributed by atoms with E-state index in [4.69, 9.17) is 13.9 Å². The molecule has 9 nitrogen and oxygen atoms in total. The minimum Gasteiger partial charge on any atom is -0.490 e. The van der Waals surface area contributed by atoms with Crippen molar-refractivity contribution in [3.63, 3.8) is 0 Å². The Balaban J connectivity index is 0.00000405. The van der Waals surface area contributed by atoms with Crippen molar-refractivity contribution in [2.45, 2.75) is 39.9 Å². The highest BCUT2D eigenvalue weighted by Gasteiger charge is 2.17. The summed E-state index contributed by atoms with van der Waals surface area (Å²) in [5.74, 6) is 3.64. The normalized spacial score (nSPS) is 11.4. The van der Waals surface area contributed by atoms with Gasteiger partial charge in [-0.2, -0.15) is 0 Å². The Labute approximate surface area is 250 Å². The molecule has 0 saturated carbocycles. The Bertz CT molecular complexity index is 1530. The maximum absolute atomic E-state index is 6.35. The molecule has 0 aliphatic rings. The Morgan fingerprint density at radius 3 is 1.40 bits per heavy atom. The first kappa shape index (κ1) is 30.1. The molecule has 3 heterocycles. The molecule has 0 amide bonds. The fourth-order valence-corrected chi connectivity index (χ4v) is 3.93. The summed E-state index contributed by atoms with van der Waals surface area (Å²) in [6.45, 7) is 7.90. The van der Waals surface area contributed by atoms with Crippen molar-refractivity contribution in [1.29, 1.82) is 0 Å². The van der Waals surface area contributed by atoms with Gasteiger partial charge in [0.2, 0.25) is 0 Å². The lowest BCUT2D eigenvalue weighted by molar-refractivity contribution is 0.243. The van der Waals surface area contributed by atoms with Gasteiger partial charge in [0.15, 0.2) is 11.6 Å². The van der Waals surface area contributed by atoms with Gasteiger partial charge in [-0.1, -0.05) is 12.1 Å². The second-order valence-corrected chi connectivity index (χ2v) is 9.63. The van der Waals surface area contributed by atoms with Crippen molar-refractivity contribution in [3.8, 4) is 34.1 Å². The van der Waals surface area contributed by atoms with Gasteiger partial charge in [0.05, 0.1) is 34.7 Å². The molecule has 214 valence electrons. The van der Waals surface area contributed by atoms with E-state index in [9.17, 15) is 0 Å². The highest BCUT2D eigenvalue weighted by Crippen LogP contribution is 2.40. The summed E-state index contributed by atoms with van der Waals surface area (Å²) in [5.41, 5.74) is 2.89. The maximum atomic E-state index is 6.35. The Morgan fingerprint density at radius 1 is 0.571 bits per heavy atom. The summed E-state index contributed by atoms with van der Waals surface area (Å²) in [6, 6.07) is 26.1. The van der Waals surface area contributed by atoms with Crippen LogP contribution in [0.1, 0.15) is 27.7 Å². The van der Waals surface area contributed by atoms with Crippen molar-refractivity contribution in [3.05, 3.63) is 97.3 Å². The van der Waals surface area contributed by atoms with Crippen LogP contribution in [0.2, 0.25) is 0 Å². The summed E-state index contributed by atoms with van der Waals surface area (Å²) in [6.07, 6.45) is 3.25. The minimum absolute atomic E-state index is 0. The molecule has 0 radical (unpaired) electrons. The van der Waals surface area contributed by atoms with Crippen LogP contribution in [0.5, 0.6) is 11.5 Å². The molecule has 3 aromatic heterocycles. The van der Waals surface area contributed by atoms with Gasteiger partial charge < -0.3 is 13.9 Å². The minimum atomic E-state index is -0.0509. The van der Waals surface area contributed by atoms with Crippen LogP contribution in [0.25, 0.3) is 22.6 Å². The third-order valence-electron chi connectivity index (χ3n) is 5.63. The van der Waals surface area contributed by atoms with Gasteiger partial charge in [-0.05, 0) is 88.4 Å². The molecule has 42 heavy (non-hydrogen) atoms. The summed E-state index contributed by atoms with van der Waals surface area (Å²) < 4.78 is 18.6. The van der Waals surface area contributed by atoms with E-state index in [1.807, 2.05) is 100 Å². The number of hydrogen-bond acceptors (Lipinski definition) is 9. The molecule has 5 rings (SSSR count). The van der Waals surface area contributed by atoms with Gasteiger partial charge in [0.1, 0.15) is 23.0 Å². The van der Waals surface area contributed by atoms with Gasteiger partial charge >= 0.3 is 0 Å². The third kappa shape index (κ3) is 7.86. The number of furan rings is 1. The van der Waals surface area contributed by atoms with Crippen molar-refractivity contribution in [1.82, 2.24) is 9.97 Å². The van der Waals surface area contributed by atoms with Gasteiger partial charge in [0.25, 0.3) is 0 Å². The standard InChI is InChI=1S/C32H30N6O3.ClH/c1-21(2)39-29-19-23(35-37-31-9-5-7-17-33-31)11-13-25(29)27-15-16-28(41-27)26-14-12-24(20-30(26)40-22(3)4)36-38-32-10-6-8-18-34-32;/h5-22H,1-4H3;1H. The van der Waals surface area contributed by atoms with Crippen LogP contribution in [0.3, 0.4) is 0 Å². The van der Waals surface area contributed by atoms with Crippen LogP contribution >= 0.6 is 12.4 Å². The summed E-state index contributed by atoms with van der Waals surface area (Å²) in [7, 11) is 0. The number of azo groups is 2. The van der Waals surface area contributed by atoms with Crippen molar-refractivity contribution in [2.24, 2.45) is 20.5 Å². The molecule has 0 atom stereocenters. The van der Waals surface area contributed by atoms with E-state index in [0.717, 1.165) is 11.1 Å². The van der Waals surface area contributed by atoms with Gasteiger partial charge in [0, 0.05) is 24.5 Å². The zero-order valence-electron chi connectivity index (χ0n) is 23.7. The number of aromatic nitrogens is 2. The second-order valence-electron chi connectivity index (χ2n) is 9.63. The largest absolute Gasteiger partial charge is 0.490 e. The smallest absolute Gasteiger partial charge is 0.174 e. The Morgan fingerprint density at radius 2 is 1.02 bits per heavy atom. The lowest BCUT2D eigenvalue weighted by Gasteiger charge is -2.14. The molecule has 0 saturated heterocycles. The number of hydrogen-bond donors (Lipinski definition) is 0. The molecule has 2 aromatic carbocycles.